The van der Waals surface area contributed by atoms with E-state index in [4.69, 9.17) is 19.9 Å². The highest BCUT2D eigenvalue weighted by Gasteiger charge is 2.41. The van der Waals surface area contributed by atoms with Gasteiger partial charge in [-0.05, 0) is 47.9 Å². The number of amidine groups is 1. The second-order valence-electron chi connectivity index (χ2n) is 6.72. The van der Waals surface area contributed by atoms with E-state index in [1.807, 2.05) is 31.2 Å². The zero-order valence-corrected chi connectivity index (χ0v) is 15.8. The van der Waals surface area contributed by atoms with E-state index < -0.39 is 18.3 Å². The standard InChI is InChI=1S/C19H20BF3N2O3/c1-11-5-12(3-4-16(11)26-2)18(9-28-17(24)25-18)13-6-14(20)8-15(7-13)27-10-19(21,22)23/h3-8H,9-10,20H2,1-2H3,(H2,24,25). The number of ether oxygens (including phenoxy) is 3. The number of hydrogen-bond donors (Lipinski definition) is 1. The number of rotatable bonds is 5. The van der Waals surface area contributed by atoms with Gasteiger partial charge in [0.2, 0.25) is 0 Å². The lowest BCUT2D eigenvalue weighted by Gasteiger charge is -2.27. The highest BCUT2D eigenvalue weighted by Crippen LogP contribution is 2.40. The summed E-state index contributed by atoms with van der Waals surface area (Å²) in [6, 6.07) is 10.5. The second-order valence-corrected chi connectivity index (χ2v) is 6.72. The van der Waals surface area contributed by atoms with Crippen LogP contribution in [0.2, 0.25) is 0 Å². The molecule has 0 aliphatic carbocycles. The first-order valence-electron chi connectivity index (χ1n) is 8.58. The van der Waals surface area contributed by atoms with E-state index in [0.717, 1.165) is 16.6 Å². The summed E-state index contributed by atoms with van der Waals surface area (Å²) in [6.45, 7) is 0.659. The molecule has 0 aromatic heterocycles. The molecular weight excluding hydrogens is 372 g/mol. The first kappa shape index (κ1) is 19.9. The van der Waals surface area contributed by atoms with E-state index in [-0.39, 0.29) is 18.4 Å². The molecule has 0 bridgehead atoms. The molecule has 3 rings (SSSR count). The number of alkyl halides is 3. The van der Waals surface area contributed by atoms with Gasteiger partial charge in [-0.2, -0.15) is 13.2 Å². The highest BCUT2D eigenvalue weighted by molar-refractivity contribution is 6.32. The summed E-state index contributed by atoms with van der Waals surface area (Å²) < 4.78 is 53.4. The van der Waals surface area contributed by atoms with Crippen LogP contribution in [0.4, 0.5) is 13.2 Å². The predicted octanol–water partition coefficient (Wildman–Crippen LogP) is 1.79. The minimum absolute atomic E-state index is 0.0211. The molecule has 0 amide bonds. The number of methoxy groups -OCH3 is 1. The van der Waals surface area contributed by atoms with Crippen LogP contribution in [0.3, 0.4) is 0 Å². The Bertz CT molecular complexity index is 918. The Kier molecular flexibility index (Phi) is 5.19. The third-order valence-corrected chi connectivity index (χ3v) is 4.53. The predicted molar refractivity (Wildman–Crippen MR) is 102 cm³/mol. The van der Waals surface area contributed by atoms with Crippen LogP contribution in [0.15, 0.2) is 41.4 Å². The molecule has 2 aromatic carbocycles. The largest absolute Gasteiger partial charge is 0.496 e. The molecule has 28 heavy (non-hydrogen) atoms. The first-order valence-corrected chi connectivity index (χ1v) is 8.58. The molecule has 1 unspecified atom stereocenters. The number of nitrogens with zero attached hydrogens (tertiary/aromatic N) is 1. The zero-order valence-electron chi connectivity index (χ0n) is 15.8. The lowest BCUT2D eigenvalue weighted by atomic mass is 9.80. The van der Waals surface area contributed by atoms with Crippen LogP contribution in [0.5, 0.6) is 11.5 Å². The summed E-state index contributed by atoms with van der Waals surface area (Å²) >= 11 is 0. The lowest BCUT2D eigenvalue weighted by molar-refractivity contribution is -0.153. The quantitative estimate of drug-likeness (QED) is 0.789. The third kappa shape index (κ3) is 4.03. The minimum atomic E-state index is -4.42. The Morgan fingerprint density at radius 1 is 1.21 bits per heavy atom. The topological polar surface area (TPSA) is 66.1 Å². The molecule has 2 aromatic rings. The van der Waals surface area contributed by atoms with Crippen molar-refractivity contribution in [3.05, 3.63) is 53.1 Å². The molecule has 9 heteroatoms. The molecule has 1 heterocycles. The average molecular weight is 392 g/mol. The van der Waals surface area contributed by atoms with Gasteiger partial charge in [0.15, 0.2) is 12.1 Å². The van der Waals surface area contributed by atoms with Crippen molar-refractivity contribution in [3.63, 3.8) is 0 Å². The van der Waals surface area contributed by atoms with Crippen molar-refractivity contribution >= 4 is 19.3 Å². The molecule has 1 aliphatic rings. The molecule has 1 atom stereocenters. The fourth-order valence-corrected chi connectivity index (χ4v) is 3.26. The zero-order chi connectivity index (χ0) is 20.5. The van der Waals surface area contributed by atoms with Gasteiger partial charge in [0.05, 0.1) is 7.11 Å². The van der Waals surface area contributed by atoms with Gasteiger partial charge in [-0.15, -0.1) is 0 Å². The van der Waals surface area contributed by atoms with Crippen LogP contribution >= 0.6 is 0 Å². The Hall–Kier alpha value is -2.84. The van der Waals surface area contributed by atoms with Crippen molar-refractivity contribution in [3.8, 4) is 11.5 Å². The van der Waals surface area contributed by atoms with E-state index in [2.05, 4.69) is 4.99 Å². The number of hydrogen-bond acceptors (Lipinski definition) is 5. The van der Waals surface area contributed by atoms with E-state index in [0.29, 0.717) is 11.3 Å². The van der Waals surface area contributed by atoms with E-state index in [9.17, 15) is 13.2 Å². The lowest BCUT2D eigenvalue weighted by Crippen LogP contribution is -2.29. The molecule has 148 valence electrons. The maximum Gasteiger partial charge on any atom is 0.422 e. The van der Waals surface area contributed by atoms with Gasteiger partial charge < -0.3 is 19.9 Å². The van der Waals surface area contributed by atoms with Crippen molar-refractivity contribution in [1.82, 2.24) is 0 Å². The maximum absolute atomic E-state index is 12.6. The fraction of sp³-hybridized carbons (Fsp3) is 0.316. The van der Waals surface area contributed by atoms with Gasteiger partial charge in [-0.1, -0.05) is 17.6 Å². The molecule has 0 radical (unpaired) electrons. The van der Waals surface area contributed by atoms with Crippen molar-refractivity contribution in [2.75, 3.05) is 20.3 Å². The normalized spacial score (nSPS) is 19.1. The van der Waals surface area contributed by atoms with Crippen LogP contribution in [0.25, 0.3) is 0 Å². The Labute approximate surface area is 161 Å². The molecule has 0 saturated carbocycles. The Balaban J connectivity index is 2.08. The molecule has 2 N–H and O–H groups in total. The molecule has 0 saturated heterocycles. The highest BCUT2D eigenvalue weighted by atomic mass is 19.4. The SMILES string of the molecule is Bc1cc(OCC(F)(F)F)cc(C2(c3ccc(OC)c(C)c3)COC(N)=N2)c1. The minimum Gasteiger partial charge on any atom is -0.496 e. The van der Waals surface area contributed by atoms with Gasteiger partial charge in [0, 0.05) is 0 Å². The molecule has 0 spiro atoms. The third-order valence-electron chi connectivity index (χ3n) is 4.53. The first-order chi connectivity index (χ1) is 13.1. The van der Waals surface area contributed by atoms with Gasteiger partial charge in [-0.25, -0.2) is 4.99 Å². The number of aryl methyl sites for hydroxylation is 1. The summed E-state index contributed by atoms with van der Waals surface area (Å²) in [5.74, 6) is 0.825. The Morgan fingerprint density at radius 3 is 2.54 bits per heavy atom. The molecule has 1 aliphatic heterocycles. The van der Waals surface area contributed by atoms with Crippen LogP contribution in [0.1, 0.15) is 16.7 Å². The maximum atomic E-state index is 12.6. The smallest absolute Gasteiger partial charge is 0.422 e. The van der Waals surface area contributed by atoms with Crippen molar-refractivity contribution < 1.29 is 27.4 Å². The molecular formula is C19H20BF3N2O3. The Morgan fingerprint density at radius 2 is 1.96 bits per heavy atom. The van der Waals surface area contributed by atoms with Gasteiger partial charge in [0.1, 0.15) is 26.0 Å². The molecule has 0 fully saturated rings. The summed E-state index contributed by atoms with van der Waals surface area (Å²) in [4.78, 5) is 4.50. The van der Waals surface area contributed by atoms with E-state index in [1.165, 1.54) is 0 Å². The van der Waals surface area contributed by atoms with Gasteiger partial charge in [-0.3, -0.25) is 0 Å². The van der Waals surface area contributed by atoms with Crippen LogP contribution < -0.4 is 20.7 Å². The second kappa shape index (κ2) is 7.29. The van der Waals surface area contributed by atoms with E-state index >= 15 is 0 Å². The number of aliphatic imine (C=N–C) groups is 1. The summed E-state index contributed by atoms with van der Waals surface area (Å²) in [5.41, 5.74) is 7.86. The summed E-state index contributed by atoms with van der Waals surface area (Å²) in [7, 11) is 3.36. The average Bonchev–Trinajstić information content (AvgIpc) is 3.02. The van der Waals surface area contributed by atoms with Crippen molar-refractivity contribution in [2.24, 2.45) is 10.7 Å². The van der Waals surface area contributed by atoms with Crippen molar-refractivity contribution in [2.45, 2.75) is 18.6 Å². The summed E-state index contributed by atoms with van der Waals surface area (Å²) in [5, 5.41) is 0. The number of halogens is 3. The summed E-state index contributed by atoms with van der Waals surface area (Å²) in [6.07, 6.45) is -4.42. The van der Waals surface area contributed by atoms with Crippen LogP contribution in [-0.4, -0.2) is 40.4 Å². The van der Waals surface area contributed by atoms with Crippen LogP contribution in [-0.2, 0) is 10.3 Å². The molecule has 5 nitrogen and oxygen atoms in total. The number of nitrogens with two attached hydrogens (primary N) is 1. The van der Waals surface area contributed by atoms with Crippen LogP contribution in [0, 0.1) is 6.92 Å². The van der Waals surface area contributed by atoms with Gasteiger partial charge in [0.25, 0.3) is 6.02 Å². The van der Waals surface area contributed by atoms with Crippen molar-refractivity contribution in [1.29, 1.82) is 0 Å². The van der Waals surface area contributed by atoms with Gasteiger partial charge >= 0.3 is 6.18 Å². The fourth-order valence-electron chi connectivity index (χ4n) is 3.26. The van der Waals surface area contributed by atoms with E-state index in [1.54, 1.807) is 27.1 Å². The number of benzene rings is 2. The monoisotopic (exact) mass is 392 g/mol.